The number of fused-ring (bicyclic) bond motifs is 1. The highest BCUT2D eigenvalue weighted by atomic mass is 32.1. The first-order chi connectivity index (χ1) is 13.7. The van der Waals surface area contributed by atoms with Crippen LogP contribution in [0.5, 0.6) is 0 Å². The molecule has 136 valence electrons. The van der Waals surface area contributed by atoms with E-state index in [4.69, 9.17) is 9.40 Å². The molecule has 5 nitrogen and oxygen atoms in total. The summed E-state index contributed by atoms with van der Waals surface area (Å²) in [4.78, 5) is 18.7. The van der Waals surface area contributed by atoms with Crippen LogP contribution in [0.4, 0.5) is 4.39 Å². The van der Waals surface area contributed by atoms with E-state index in [1.165, 1.54) is 23.6 Å². The smallest absolute Gasteiger partial charge is 0.142 e. The van der Waals surface area contributed by atoms with E-state index < -0.39 is 0 Å². The lowest BCUT2D eigenvalue weighted by Gasteiger charge is -2.05. The zero-order valence-electron chi connectivity index (χ0n) is 14.8. The van der Waals surface area contributed by atoms with Gasteiger partial charge in [0.15, 0.2) is 0 Å². The first-order valence-electron chi connectivity index (χ1n) is 8.57. The van der Waals surface area contributed by atoms with Crippen molar-refractivity contribution in [1.82, 2.24) is 19.9 Å². The molecule has 5 rings (SSSR count). The van der Waals surface area contributed by atoms with E-state index >= 15 is 0 Å². The van der Waals surface area contributed by atoms with Crippen molar-refractivity contribution in [3.63, 3.8) is 0 Å². The lowest BCUT2D eigenvalue weighted by Crippen LogP contribution is -1.91. The van der Waals surface area contributed by atoms with E-state index in [1.807, 2.05) is 37.3 Å². The van der Waals surface area contributed by atoms with Crippen molar-refractivity contribution in [3.05, 3.63) is 72.8 Å². The molecule has 0 amide bonds. The van der Waals surface area contributed by atoms with Crippen LogP contribution in [0.3, 0.4) is 0 Å². The number of hydrogen-bond donors (Lipinski definition) is 0. The fourth-order valence-electron chi connectivity index (χ4n) is 3.05. The zero-order chi connectivity index (χ0) is 19.1. The summed E-state index contributed by atoms with van der Waals surface area (Å²) in [6.45, 7) is 1.92. The molecule has 0 aromatic carbocycles. The molecule has 0 saturated heterocycles. The largest absolute Gasteiger partial charge is 0.464 e. The molecule has 0 bridgehead atoms. The Bertz CT molecular complexity index is 1300. The third-order valence-electron chi connectivity index (χ3n) is 4.34. The van der Waals surface area contributed by atoms with Crippen molar-refractivity contribution in [2.75, 3.05) is 0 Å². The van der Waals surface area contributed by atoms with Crippen molar-refractivity contribution < 1.29 is 8.81 Å². The summed E-state index contributed by atoms with van der Waals surface area (Å²) >= 11 is 1.45. The van der Waals surface area contributed by atoms with Crippen molar-refractivity contribution in [2.24, 2.45) is 0 Å². The molecule has 0 aliphatic carbocycles. The van der Waals surface area contributed by atoms with Crippen LogP contribution in [0.1, 0.15) is 5.69 Å². The number of rotatable bonds is 3. The summed E-state index contributed by atoms with van der Waals surface area (Å²) in [5, 5.41) is 1.59. The lowest BCUT2D eigenvalue weighted by atomic mass is 10.1. The van der Waals surface area contributed by atoms with Crippen LogP contribution in [0, 0.1) is 12.7 Å². The molecule has 28 heavy (non-hydrogen) atoms. The molecule has 0 radical (unpaired) electrons. The van der Waals surface area contributed by atoms with Crippen molar-refractivity contribution in [2.45, 2.75) is 6.92 Å². The number of nitrogens with zero attached hydrogens (tertiary/aromatic N) is 4. The van der Waals surface area contributed by atoms with E-state index in [2.05, 4.69) is 15.0 Å². The molecule has 5 heterocycles. The van der Waals surface area contributed by atoms with Crippen molar-refractivity contribution in [3.8, 4) is 32.5 Å². The average molecular weight is 388 g/mol. The molecule has 0 unspecified atom stereocenters. The minimum absolute atomic E-state index is 0.389. The SMILES string of the molecule is Cc1nc(-c2cncc(F)c2)sc1-c1nc(-c2ccccn2)cc2occc12. The molecule has 0 N–H and O–H groups in total. The van der Waals surface area contributed by atoms with Gasteiger partial charge in [0.2, 0.25) is 0 Å². The van der Waals surface area contributed by atoms with Crippen molar-refractivity contribution in [1.29, 1.82) is 0 Å². The molecule has 0 spiro atoms. The minimum atomic E-state index is -0.389. The highest BCUT2D eigenvalue weighted by molar-refractivity contribution is 7.18. The standard InChI is InChI=1S/C21H13FN4OS/c1-12-20(28-21(25-12)13-8-14(22)11-23-10-13)19-15-5-7-27-18(15)9-17(26-19)16-4-2-3-6-24-16/h2-11H,1H3. The van der Waals surface area contributed by atoms with E-state index in [1.54, 1.807) is 18.7 Å². The van der Waals surface area contributed by atoms with Gasteiger partial charge >= 0.3 is 0 Å². The van der Waals surface area contributed by atoms with Gasteiger partial charge in [-0.25, -0.2) is 14.4 Å². The molecule has 0 aliphatic heterocycles. The summed E-state index contributed by atoms with van der Waals surface area (Å²) in [6.07, 6.45) is 6.16. The van der Waals surface area contributed by atoms with Gasteiger partial charge in [-0.2, -0.15) is 0 Å². The van der Waals surface area contributed by atoms with Gasteiger partial charge in [0, 0.05) is 29.4 Å². The number of pyridine rings is 3. The third kappa shape index (κ3) is 2.86. The van der Waals surface area contributed by atoms with E-state index in [0.717, 1.165) is 38.6 Å². The predicted molar refractivity (Wildman–Crippen MR) is 106 cm³/mol. The first-order valence-corrected chi connectivity index (χ1v) is 9.39. The fraction of sp³-hybridized carbons (Fsp3) is 0.0476. The monoisotopic (exact) mass is 388 g/mol. The summed E-state index contributed by atoms with van der Waals surface area (Å²) in [7, 11) is 0. The van der Waals surface area contributed by atoms with Gasteiger partial charge in [-0.1, -0.05) is 6.07 Å². The number of halogens is 1. The number of aromatic nitrogens is 4. The summed E-state index contributed by atoms with van der Waals surface area (Å²) in [6, 6.07) is 10.9. The quantitative estimate of drug-likeness (QED) is 0.407. The third-order valence-corrected chi connectivity index (χ3v) is 5.55. The van der Waals surface area contributed by atoms with Crippen molar-refractivity contribution >= 4 is 22.3 Å². The Morgan fingerprint density at radius 2 is 1.96 bits per heavy atom. The summed E-state index contributed by atoms with van der Waals surface area (Å²) in [5.41, 5.74) is 4.45. The maximum Gasteiger partial charge on any atom is 0.142 e. The maximum absolute atomic E-state index is 13.6. The second-order valence-corrected chi connectivity index (χ2v) is 7.23. The molecule has 0 aliphatic rings. The minimum Gasteiger partial charge on any atom is -0.464 e. The Kier molecular flexibility index (Phi) is 3.95. The van der Waals surface area contributed by atoms with Gasteiger partial charge in [0.05, 0.1) is 40.1 Å². The van der Waals surface area contributed by atoms with Gasteiger partial charge in [0.1, 0.15) is 16.4 Å². The molecule has 7 heteroatoms. The Labute approximate surface area is 163 Å². The molecule has 0 fully saturated rings. The molecule has 5 aromatic heterocycles. The molecular formula is C21H13FN4OS. The number of aryl methyl sites for hydroxylation is 1. The zero-order valence-corrected chi connectivity index (χ0v) is 15.6. The van der Waals surface area contributed by atoms with E-state index in [9.17, 15) is 4.39 Å². The fourth-order valence-corrected chi connectivity index (χ4v) is 4.10. The Morgan fingerprint density at radius 3 is 2.79 bits per heavy atom. The topological polar surface area (TPSA) is 64.7 Å². The van der Waals surface area contributed by atoms with Gasteiger partial charge in [-0.05, 0) is 31.2 Å². The van der Waals surface area contributed by atoms with Gasteiger partial charge in [-0.3, -0.25) is 9.97 Å². The molecule has 5 aromatic rings. The highest BCUT2D eigenvalue weighted by Crippen LogP contribution is 2.39. The van der Waals surface area contributed by atoms with Gasteiger partial charge < -0.3 is 4.42 Å². The van der Waals surface area contributed by atoms with Crippen LogP contribution in [0.25, 0.3) is 43.5 Å². The Morgan fingerprint density at radius 1 is 1.04 bits per heavy atom. The second-order valence-electron chi connectivity index (χ2n) is 6.23. The number of hydrogen-bond acceptors (Lipinski definition) is 6. The summed E-state index contributed by atoms with van der Waals surface area (Å²) in [5.74, 6) is -0.389. The molecular weight excluding hydrogens is 375 g/mol. The van der Waals surface area contributed by atoms with E-state index in [-0.39, 0.29) is 5.82 Å². The van der Waals surface area contributed by atoms with Crippen LogP contribution >= 0.6 is 11.3 Å². The second kappa shape index (κ2) is 6.61. The number of furan rings is 1. The van der Waals surface area contributed by atoms with Crippen LogP contribution in [-0.4, -0.2) is 19.9 Å². The number of thiazole rings is 1. The molecule has 0 atom stereocenters. The maximum atomic E-state index is 13.6. The van der Waals surface area contributed by atoms with Gasteiger partial charge in [0.25, 0.3) is 0 Å². The Hall–Kier alpha value is -3.45. The first kappa shape index (κ1) is 16.7. The Balaban J connectivity index is 1.70. The van der Waals surface area contributed by atoms with Crippen LogP contribution in [0.15, 0.2) is 65.7 Å². The van der Waals surface area contributed by atoms with E-state index in [0.29, 0.717) is 10.6 Å². The highest BCUT2D eigenvalue weighted by Gasteiger charge is 2.18. The predicted octanol–water partition coefficient (Wildman–Crippen LogP) is 5.52. The molecule has 0 saturated carbocycles. The normalized spacial score (nSPS) is 11.2. The van der Waals surface area contributed by atoms with Gasteiger partial charge in [-0.15, -0.1) is 11.3 Å². The summed E-state index contributed by atoms with van der Waals surface area (Å²) < 4.78 is 19.2. The van der Waals surface area contributed by atoms with Crippen LogP contribution in [0.2, 0.25) is 0 Å². The average Bonchev–Trinajstić information content (AvgIpc) is 3.34. The van der Waals surface area contributed by atoms with Crippen LogP contribution < -0.4 is 0 Å². The lowest BCUT2D eigenvalue weighted by molar-refractivity contribution is 0.616. The van der Waals surface area contributed by atoms with Crippen LogP contribution in [-0.2, 0) is 0 Å².